The van der Waals surface area contributed by atoms with Gasteiger partial charge in [-0.3, -0.25) is 9.69 Å². The van der Waals surface area contributed by atoms with E-state index in [4.69, 9.17) is 0 Å². The van der Waals surface area contributed by atoms with Crippen molar-refractivity contribution in [2.75, 3.05) is 4.90 Å². The van der Waals surface area contributed by atoms with Gasteiger partial charge >= 0.3 is 5.97 Å². The summed E-state index contributed by atoms with van der Waals surface area (Å²) in [7, 11) is 0. The topological polar surface area (TPSA) is 57.6 Å². The van der Waals surface area contributed by atoms with Gasteiger partial charge in [0, 0.05) is 6.92 Å². The second-order valence-corrected chi connectivity index (χ2v) is 5.25. The van der Waals surface area contributed by atoms with Gasteiger partial charge in [0.15, 0.2) is 0 Å². The molecule has 0 fully saturated rings. The molecule has 0 radical (unpaired) electrons. The third kappa shape index (κ3) is 3.56. The van der Waals surface area contributed by atoms with E-state index in [1.54, 1.807) is 6.07 Å². The van der Waals surface area contributed by atoms with Crippen molar-refractivity contribution in [2.24, 2.45) is 5.92 Å². The van der Waals surface area contributed by atoms with Gasteiger partial charge in [-0.1, -0.05) is 13.8 Å². The molecular weight excluding hydrogens is 238 g/mol. The smallest absolute Gasteiger partial charge is 0.326 e. The van der Waals surface area contributed by atoms with Gasteiger partial charge < -0.3 is 5.11 Å². The van der Waals surface area contributed by atoms with Crippen LogP contribution in [-0.2, 0) is 9.59 Å². The van der Waals surface area contributed by atoms with Crippen LogP contribution < -0.4 is 4.90 Å². The zero-order chi connectivity index (χ0) is 13.0. The Hall–Kier alpha value is -1.36. The lowest BCUT2D eigenvalue weighted by Crippen LogP contribution is -2.44. The van der Waals surface area contributed by atoms with Crippen LogP contribution in [0.15, 0.2) is 17.5 Å². The number of carbonyl (C=O) groups excluding carboxylic acids is 1. The summed E-state index contributed by atoms with van der Waals surface area (Å²) in [5, 5.41) is 11.8. The van der Waals surface area contributed by atoms with Crippen molar-refractivity contribution in [2.45, 2.75) is 33.2 Å². The Kier molecular flexibility index (Phi) is 4.69. The standard InChI is InChI=1S/C12H17NO3S/c1-8(2)7-10(12(15)16)13(9(3)14)11-5-4-6-17-11/h4-6,8,10H,7H2,1-3H3,(H,15,16). The fourth-order valence-electron chi connectivity index (χ4n) is 1.70. The molecule has 1 rings (SSSR count). The number of nitrogens with zero attached hydrogens (tertiary/aromatic N) is 1. The van der Waals surface area contributed by atoms with Gasteiger partial charge in [0.1, 0.15) is 6.04 Å². The number of hydrogen-bond donors (Lipinski definition) is 1. The fourth-order valence-corrected chi connectivity index (χ4v) is 2.52. The van der Waals surface area contributed by atoms with Crippen molar-refractivity contribution in [1.82, 2.24) is 0 Å². The normalized spacial score (nSPS) is 12.5. The summed E-state index contributed by atoms with van der Waals surface area (Å²) < 4.78 is 0. The molecule has 0 saturated carbocycles. The maximum atomic E-state index is 11.6. The van der Waals surface area contributed by atoms with E-state index in [1.807, 2.05) is 25.3 Å². The molecule has 1 heterocycles. The summed E-state index contributed by atoms with van der Waals surface area (Å²) in [6.07, 6.45) is 0.451. The van der Waals surface area contributed by atoms with Crippen LogP contribution in [0, 0.1) is 5.92 Å². The Bertz CT molecular complexity index is 386. The number of aliphatic carboxylic acids is 1. The highest BCUT2D eigenvalue weighted by Crippen LogP contribution is 2.26. The second kappa shape index (κ2) is 5.82. The first-order valence-electron chi connectivity index (χ1n) is 5.49. The minimum absolute atomic E-state index is 0.220. The predicted octanol–water partition coefficient (Wildman–Crippen LogP) is 2.60. The molecule has 94 valence electrons. The molecule has 1 aromatic rings. The van der Waals surface area contributed by atoms with Crippen molar-refractivity contribution >= 4 is 28.2 Å². The van der Waals surface area contributed by atoms with Crippen LogP contribution in [0.4, 0.5) is 5.00 Å². The molecule has 0 saturated heterocycles. The molecule has 1 atom stereocenters. The number of carboxylic acid groups (broad SMARTS) is 1. The first-order valence-corrected chi connectivity index (χ1v) is 6.37. The monoisotopic (exact) mass is 255 g/mol. The van der Waals surface area contributed by atoms with E-state index < -0.39 is 12.0 Å². The van der Waals surface area contributed by atoms with Crippen LogP contribution in [0.3, 0.4) is 0 Å². The molecule has 17 heavy (non-hydrogen) atoms. The summed E-state index contributed by atoms with van der Waals surface area (Å²) in [6, 6.07) is 2.79. The van der Waals surface area contributed by atoms with E-state index in [9.17, 15) is 14.7 Å². The molecular formula is C12H17NO3S. The SMILES string of the molecule is CC(=O)N(c1cccs1)C(CC(C)C)C(=O)O. The first kappa shape index (κ1) is 13.7. The summed E-state index contributed by atoms with van der Waals surface area (Å²) >= 11 is 1.37. The average molecular weight is 255 g/mol. The van der Waals surface area contributed by atoms with Crippen LogP contribution in [0.5, 0.6) is 0 Å². The number of thiophene rings is 1. The zero-order valence-electron chi connectivity index (χ0n) is 10.2. The quantitative estimate of drug-likeness (QED) is 0.879. The van der Waals surface area contributed by atoms with Gasteiger partial charge in [-0.05, 0) is 29.9 Å². The largest absolute Gasteiger partial charge is 0.480 e. The van der Waals surface area contributed by atoms with Gasteiger partial charge in [-0.2, -0.15) is 0 Å². The number of rotatable bonds is 5. The van der Waals surface area contributed by atoms with Crippen molar-refractivity contribution in [3.63, 3.8) is 0 Å². The van der Waals surface area contributed by atoms with Crippen LogP contribution in [-0.4, -0.2) is 23.0 Å². The minimum Gasteiger partial charge on any atom is -0.480 e. The Morgan fingerprint density at radius 2 is 2.12 bits per heavy atom. The third-order valence-electron chi connectivity index (χ3n) is 2.37. The van der Waals surface area contributed by atoms with E-state index in [0.717, 1.165) is 0 Å². The van der Waals surface area contributed by atoms with Gasteiger partial charge in [-0.25, -0.2) is 4.79 Å². The average Bonchev–Trinajstić information content (AvgIpc) is 2.68. The highest BCUT2D eigenvalue weighted by Gasteiger charge is 2.30. The lowest BCUT2D eigenvalue weighted by atomic mass is 10.0. The van der Waals surface area contributed by atoms with E-state index in [-0.39, 0.29) is 11.8 Å². The molecule has 0 bridgehead atoms. The van der Waals surface area contributed by atoms with Crippen molar-refractivity contribution < 1.29 is 14.7 Å². The Labute approximate surface area is 105 Å². The lowest BCUT2D eigenvalue weighted by Gasteiger charge is -2.27. The summed E-state index contributed by atoms with van der Waals surface area (Å²) in [5.74, 6) is -0.972. The Balaban J connectivity index is 3.02. The molecule has 0 aliphatic heterocycles. The zero-order valence-corrected chi connectivity index (χ0v) is 11.0. The molecule has 1 N–H and O–H groups in total. The first-order chi connectivity index (χ1) is 7.93. The van der Waals surface area contributed by atoms with Gasteiger partial charge in [0.05, 0.1) is 5.00 Å². The summed E-state index contributed by atoms with van der Waals surface area (Å²) in [4.78, 5) is 24.3. The second-order valence-electron chi connectivity index (χ2n) is 4.32. The van der Waals surface area contributed by atoms with Gasteiger partial charge in [-0.15, -0.1) is 11.3 Å². The molecule has 1 unspecified atom stereocenters. The summed E-state index contributed by atoms with van der Waals surface area (Å²) in [5.41, 5.74) is 0. The number of carbonyl (C=O) groups is 2. The van der Waals surface area contributed by atoms with Crippen LogP contribution >= 0.6 is 11.3 Å². The van der Waals surface area contributed by atoms with E-state index in [0.29, 0.717) is 11.4 Å². The lowest BCUT2D eigenvalue weighted by molar-refractivity contribution is -0.140. The minimum atomic E-state index is -0.956. The maximum absolute atomic E-state index is 11.6. The van der Waals surface area contributed by atoms with Crippen molar-refractivity contribution in [3.8, 4) is 0 Å². The summed E-state index contributed by atoms with van der Waals surface area (Å²) in [6.45, 7) is 5.29. The van der Waals surface area contributed by atoms with Crippen LogP contribution in [0.2, 0.25) is 0 Å². The molecule has 5 heteroatoms. The van der Waals surface area contributed by atoms with Crippen molar-refractivity contribution in [3.05, 3.63) is 17.5 Å². The van der Waals surface area contributed by atoms with E-state index in [2.05, 4.69) is 0 Å². The molecule has 4 nitrogen and oxygen atoms in total. The highest BCUT2D eigenvalue weighted by molar-refractivity contribution is 7.14. The number of anilines is 1. The molecule has 1 amide bonds. The van der Waals surface area contributed by atoms with Crippen LogP contribution in [0.1, 0.15) is 27.2 Å². The maximum Gasteiger partial charge on any atom is 0.326 e. The van der Waals surface area contributed by atoms with E-state index >= 15 is 0 Å². The van der Waals surface area contributed by atoms with E-state index in [1.165, 1.54) is 23.2 Å². The van der Waals surface area contributed by atoms with Crippen LogP contribution in [0.25, 0.3) is 0 Å². The molecule has 0 aliphatic rings. The predicted molar refractivity (Wildman–Crippen MR) is 68.4 cm³/mol. The third-order valence-corrected chi connectivity index (χ3v) is 3.24. The highest BCUT2D eigenvalue weighted by atomic mass is 32.1. The molecule has 0 aromatic carbocycles. The number of amides is 1. The number of carboxylic acids is 1. The Morgan fingerprint density at radius 3 is 2.47 bits per heavy atom. The van der Waals surface area contributed by atoms with Gasteiger partial charge in [0.25, 0.3) is 0 Å². The number of hydrogen-bond acceptors (Lipinski definition) is 3. The molecule has 1 aromatic heterocycles. The fraction of sp³-hybridized carbons (Fsp3) is 0.500. The van der Waals surface area contributed by atoms with Crippen molar-refractivity contribution in [1.29, 1.82) is 0 Å². The molecule has 0 spiro atoms. The van der Waals surface area contributed by atoms with Gasteiger partial charge in [0.2, 0.25) is 5.91 Å². The Morgan fingerprint density at radius 1 is 1.47 bits per heavy atom. The molecule has 0 aliphatic carbocycles.